The van der Waals surface area contributed by atoms with Gasteiger partial charge in [0.1, 0.15) is 6.10 Å². The maximum absolute atomic E-state index is 12.8. The van der Waals surface area contributed by atoms with E-state index in [1.807, 2.05) is 0 Å². The van der Waals surface area contributed by atoms with Crippen LogP contribution in [0.25, 0.3) is 10.9 Å². The first-order valence-electron chi connectivity index (χ1n) is 11.8. The zero-order valence-corrected chi connectivity index (χ0v) is 19.6. The molecule has 192 valence electrons. The van der Waals surface area contributed by atoms with E-state index >= 15 is 0 Å². The van der Waals surface area contributed by atoms with Crippen molar-refractivity contribution in [3.63, 3.8) is 0 Å². The number of alkyl halides is 3. The molecule has 2 heterocycles. The number of carbonyl (C=O) groups is 1. The molecule has 2 aliphatic carbocycles. The summed E-state index contributed by atoms with van der Waals surface area (Å²) < 4.78 is 49.0. The number of aliphatic hydroxyl groups is 1. The summed E-state index contributed by atoms with van der Waals surface area (Å²) in [5.74, 6) is 0.570. The van der Waals surface area contributed by atoms with Crippen LogP contribution >= 0.6 is 0 Å². The first kappa shape index (κ1) is 25.2. The molecular formula is C23H30F3N5O4. The molecular weight excluding hydrogens is 467 g/mol. The molecule has 0 unspecified atom stereocenters. The van der Waals surface area contributed by atoms with Crippen molar-refractivity contribution in [2.75, 3.05) is 12.4 Å². The molecule has 0 aliphatic heterocycles. The lowest BCUT2D eigenvalue weighted by atomic mass is 9.82. The third kappa shape index (κ3) is 6.41. The van der Waals surface area contributed by atoms with Crippen molar-refractivity contribution in [2.24, 2.45) is 0 Å². The summed E-state index contributed by atoms with van der Waals surface area (Å²) in [5.41, 5.74) is 1.45. The number of hydrogen-bond donors (Lipinski definition) is 3. The molecule has 0 spiro atoms. The lowest BCUT2D eigenvalue weighted by Crippen LogP contribution is -2.49. The summed E-state index contributed by atoms with van der Waals surface area (Å²) in [6, 6.07) is -0.943. The van der Waals surface area contributed by atoms with Crippen LogP contribution in [0.5, 0.6) is 5.88 Å². The highest BCUT2D eigenvalue weighted by Crippen LogP contribution is 2.38. The van der Waals surface area contributed by atoms with E-state index in [1.54, 1.807) is 6.20 Å². The van der Waals surface area contributed by atoms with Gasteiger partial charge in [0, 0.05) is 42.9 Å². The summed E-state index contributed by atoms with van der Waals surface area (Å²) >= 11 is 0. The topological polar surface area (TPSA) is 118 Å². The van der Waals surface area contributed by atoms with Crippen LogP contribution in [-0.2, 0) is 4.74 Å². The summed E-state index contributed by atoms with van der Waals surface area (Å²) in [6.07, 6.45) is 0.994. The zero-order valence-electron chi connectivity index (χ0n) is 19.6. The number of nitrogens with one attached hydrogen (secondary N) is 2. The average Bonchev–Trinajstić information content (AvgIpc) is 2.76. The van der Waals surface area contributed by atoms with Gasteiger partial charge < -0.3 is 25.2 Å². The SMILES string of the molecule is COC(=O)N[C@H]1C[C@@H](Oc2ncc([C@H]3CC[C@H](O)CC3)c3nc(N[C@@H](C)CC(F)(F)F)ncc23)C1. The number of aromatic nitrogens is 3. The highest BCUT2D eigenvalue weighted by Gasteiger charge is 2.34. The van der Waals surface area contributed by atoms with Gasteiger partial charge in [0.25, 0.3) is 0 Å². The highest BCUT2D eigenvalue weighted by molar-refractivity contribution is 5.86. The number of carbonyl (C=O) groups excluding carboxylic acids is 1. The number of rotatable bonds is 7. The van der Waals surface area contributed by atoms with Gasteiger partial charge in [-0.1, -0.05) is 0 Å². The largest absolute Gasteiger partial charge is 0.474 e. The number of fused-ring (bicyclic) bond motifs is 1. The van der Waals surface area contributed by atoms with Gasteiger partial charge in [-0.05, 0) is 38.5 Å². The number of alkyl carbamates (subject to hydrolysis) is 1. The Bertz CT molecular complexity index is 1040. The monoisotopic (exact) mass is 497 g/mol. The fourth-order valence-corrected chi connectivity index (χ4v) is 4.65. The molecule has 9 nitrogen and oxygen atoms in total. The zero-order chi connectivity index (χ0) is 25.2. The first-order chi connectivity index (χ1) is 16.6. The fourth-order valence-electron chi connectivity index (χ4n) is 4.65. The number of ether oxygens (including phenoxy) is 2. The van der Waals surface area contributed by atoms with Crippen molar-refractivity contribution in [3.05, 3.63) is 18.0 Å². The Labute approximate surface area is 200 Å². The number of anilines is 1. The number of nitrogens with zero attached hydrogens (tertiary/aromatic N) is 3. The van der Waals surface area contributed by atoms with Gasteiger partial charge in [-0.2, -0.15) is 13.2 Å². The molecule has 2 saturated carbocycles. The van der Waals surface area contributed by atoms with Crippen LogP contribution in [0.3, 0.4) is 0 Å². The Kier molecular flexibility index (Phi) is 7.48. The van der Waals surface area contributed by atoms with Crippen LogP contribution in [0.2, 0.25) is 0 Å². The number of amides is 1. The third-order valence-corrected chi connectivity index (χ3v) is 6.54. The van der Waals surface area contributed by atoms with Gasteiger partial charge in [0.05, 0.1) is 30.5 Å². The van der Waals surface area contributed by atoms with Gasteiger partial charge in [-0.15, -0.1) is 0 Å². The smallest absolute Gasteiger partial charge is 0.407 e. The number of methoxy groups -OCH3 is 1. The Morgan fingerprint density at radius 3 is 2.57 bits per heavy atom. The average molecular weight is 498 g/mol. The molecule has 0 radical (unpaired) electrons. The van der Waals surface area contributed by atoms with Gasteiger partial charge >= 0.3 is 12.3 Å². The van der Waals surface area contributed by atoms with E-state index in [4.69, 9.17) is 4.74 Å². The third-order valence-electron chi connectivity index (χ3n) is 6.54. The van der Waals surface area contributed by atoms with E-state index in [-0.39, 0.29) is 30.1 Å². The fraction of sp³-hybridized carbons (Fsp3) is 0.652. The van der Waals surface area contributed by atoms with Crippen molar-refractivity contribution in [1.29, 1.82) is 0 Å². The maximum Gasteiger partial charge on any atom is 0.407 e. The second-order valence-electron chi connectivity index (χ2n) is 9.39. The number of hydrogen-bond acceptors (Lipinski definition) is 8. The Hall–Kier alpha value is -2.89. The van der Waals surface area contributed by atoms with Crippen LogP contribution in [0, 0.1) is 0 Å². The summed E-state index contributed by atoms with van der Waals surface area (Å²) in [7, 11) is 1.31. The molecule has 0 aromatic carbocycles. The van der Waals surface area contributed by atoms with Crippen molar-refractivity contribution >= 4 is 22.9 Å². The molecule has 2 aromatic heterocycles. The van der Waals surface area contributed by atoms with E-state index in [9.17, 15) is 23.1 Å². The summed E-state index contributed by atoms with van der Waals surface area (Å²) in [4.78, 5) is 24.7. The van der Waals surface area contributed by atoms with Gasteiger partial charge in [0.2, 0.25) is 11.8 Å². The molecule has 2 aliphatic rings. The molecule has 1 amide bonds. The molecule has 12 heteroatoms. The molecule has 4 rings (SSSR count). The number of pyridine rings is 1. The van der Waals surface area contributed by atoms with Crippen LogP contribution in [-0.4, -0.2) is 63.7 Å². The van der Waals surface area contributed by atoms with E-state index in [2.05, 4.69) is 30.3 Å². The molecule has 0 bridgehead atoms. The standard InChI is InChI=1S/C23H30F3N5O4/c1-12(9-23(24,25)26)29-21-28-11-18-19(31-21)17(13-3-5-15(32)6-4-13)10-27-20(18)35-16-7-14(8-16)30-22(33)34-2/h10-16,32H,3-9H2,1-2H3,(H,30,33)(H,28,29,31)/t12-,13-,14-,15-,16+/m0/s1. The van der Waals surface area contributed by atoms with Crippen molar-refractivity contribution in [2.45, 2.75) is 88.3 Å². The summed E-state index contributed by atoms with van der Waals surface area (Å²) in [5, 5.41) is 15.9. The van der Waals surface area contributed by atoms with E-state index in [0.29, 0.717) is 42.5 Å². The maximum atomic E-state index is 12.8. The summed E-state index contributed by atoms with van der Waals surface area (Å²) in [6.45, 7) is 1.43. The van der Waals surface area contributed by atoms with Crippen LogP contribution < -0.4 is 15.4 Å². The van der Waals surface area contributed by atoms with Gasteiger partial charge in [-0.3, -0.25) is 0 Å². The molecule has 2 aromatic rings. The minimum atomic E-state index is -4.30. The number of aliphatic hydroxyl groups excluding tert-OH is 1. The van der Waals surface area contributed by atoms with Crippen LogP contribution in [0.1, 0.15) is 63.4 Å². The van der Waals surface area contributed by atoms with E-state index < -0.39 is 24.7 Å². The van der Waals surface area contributed by atoms with E-state index in [0.717, 1.165) is 18.4 Å². The van der Waals surface area contributed by atoms with Crippen molar-refractivity contribution < 1.29 is 32.5 Å². The molecule has 3 N–H and O–H groups in total. The minimum absolute atomic E-state index is 0.0474. The Morgan fingerprint density at radius 1 is 1.20 bits per heavy atom. The lowest BCUT2D eigenvalue weighted by Gasteiger charge is -2.35. The molecule has 2 fully saturated rings. The quantitative estimate of drug-likeness (QED) is 0.524. The number of halogens is 3. The molecule has 0 saturated heterocycles. The Balaban J connectivity index is 1.56. The van der Waals surface area contributed by atoms with Crippen molar-refractivity contribution in [3.8, 4) is 5.88 Å². The second kappa shape index (κ2) is 10.4. The lowest BCUT2D eigenvalue weighted by molar-refractivity contribution is -0.136. The minimum Gasteiger partial charge on any atom is -0.474 e. The first-order valence-corrected chi connectivity index (χ1v) is 11.8. The normalized spacial score (nSPS) is 25.4. The second-order valence-corrected chi connectivity index (χ2v) is 9.39. The van der Waals surface area contributed by atoms with Crippen LogP contribution in [0.4, 0.5) is 23.9 Å². The Morgan fingerprint density at radius 2 is 1.91 bits per heavy atom. The highest BCUT2D eigenvalue weighted by atomic mass is 19.4. The van der Waals surface area contributed by atoms with Crippen LogP contribution in [0.15, 0.2) is 12.4 Å². The predicted octanol–water partition coefficient (Wildman–Crippen LogP) is 4.06. The van der Waals surface area contributed by atoms with Gasteiger partial charge in [-0.25, -0.2) is 19.7 Å². The van der Waals surface area contributed by atoms with Gasteiger partial charge in [0.15, 0.2) is 0 Å². The van der Waals surface area contributed by atoms with E-state index in [1.165, 1.54) is 20.2 Å². The molecule has 1 atom stereocenters. The van der Waals surface area contributed by atoms with Crippen molar-refractivity contribution in [1.82, 2.24) is 20.3 Å². The molecule has 35 heavy (non-hydrogen) atoms. The predicted molar refractivity (Wildman–Crippen MR) is 121 cm³/mol.